The van der Waals surface area contributed by atoms with Crippen molar-refractivity contribution in [2.24, 2.45) is 18.9 Å². The van der Waals surface area contributed by atoms with E-state index in [1.54, 1.807) is 18.6 Å². The molecule has 0 bridgehead atoms. The first-order valence-electron chi connectivity index (χ1n) is 12.5. The standard InChI is InChI=1S/C26H32F3N7O2/c1-16(2)11-30-12-18-7-20(23(38)36(13-18)14-26(27,28)29)22(37)33-21-8-19(5-6-31-21)25(9-17(3)10-25)24-34-32-15-35(24)4/h5-8,13,15-17,30H,9-12,14H2,1-4H3,(H,31,33,37). The highest BCUT2D eigenvalue weighted by Gasteiger charge is 2.48. The Hall–Kier alpha value is -3.54. The molecule has 1 fully saturated rings. The maximum absolute atomic E-state index is 13.2. The number of carbonyl (C=O) groups is 1. The van der Waals surface area contributed by atoms with E-state index in [1.807, 2.05) is 31.5 Å². The lowest BCUT2D eigenvalue weighted by Gasteiger charge is -2.46. The Morgan fingerprint density at radius 2 is 2.00 bits per heavy atom. The number of nitrogens with zero attached hydrogens (tertiary/aromatic N) is 5. The highest BCUT2D eigenvalue weighted by molar-refractivity contribution is 6.03. The average Bonchev–Trinajstić information content (AvgIpc) is 3.23. The Kier molecular flexibility index (Phi) is 7.73. The van der Waals surface area contributed by atoms with Gasteiger partial charge in [-0.1, -0.05) is 20.8 Å². The maximum Gasteiger partial charge on any atom is 0.406 e. The molecule has 204 valence electrons. The summed E-state index contributed by atoms with van der Waals surface area (Å²) < 4.78 is 41.9. The van der Waals surface area contributed by atoms with Crippen LogP contribution >= 0.6 is 0 Å². The van der Waals surface area contributed by atoms with Crippen LogP contribution in [-0.4, -0.2) is 42.9 Å². The van der Waals surface area contributed by atoms with Gasteiger partial charge in [0.15, 0.2) is 0 Å². The van der Waals surface area contributed by atoms with E-state index >= 15 is 0 Å². The first-order chi connectivity index (χ1) is 17.9. The van der Waals surface area contributed by atoms with Gasteiger partial charge >= 0.3 is 6.18 Å². The second-order valence-corrected chi connectivity index (χ2v) is 10.6. The van der Waals surface area contributed by atoms with Crippen LogP contribution in [0.5, 0.6) is 0 Å². The van der Waals surface area contributed by atoms with E-state index in [2.05, 4.69) is 32.7 Å². The molecule has 1 amide bonds. The Morgan fingerprint density at radius 1 is 1.26 bits per heavy atom. The normalized spacial score (nSPS) is 19.4. The Balaban J connectivity index is 1.63. The van der Waals surface area contributed by atoms with Crippen molar-refractivity contribution in [1.29, 1.82) is 0 Å². The molecule has 1 saturated carbocycles. The van der Waals surface area contributed by atoms with Gasteiger partial charge in [0.25, 0.3) is 11.5 Å². The summed E-state index contributed by atoms with van der Waals surface area (Å²) in [6.07, 6.45) is 1.39. The SMILES string of the molecule is CC(C)CNCc1cc(C(=O)Nc2cc(C3(c4nncn4C)CC(C)C3)ccn2)c(=O)n(CC(F)(F)F)c1. The summed E-state index contributed by atoms with van der Waals surface area (Å²) in [6, 6.07) is 4.91. The number of hydrogen-bond donors (Lipinski definition) is 2. The van der Waals surface area contributed by atoms with Crippen molar-refractivity contribution in [2.75, 3.05) is 11.9 Å². The molecule has 12 heteroatoms. The molecule has 0 atom stereocenters. The molecule has 3 aromatic rings. The maximum atomic E-state index is 13.2. The highest BCUT2D eigenvalue weighted by atomic mass is 19.4. The van der Waals surface area contributed by atoms with Crippen molar-refractivity contribution in [3.63, 3.8) is 0 Å². The number of nitrogens with one attached hydrogen (secondary N) is 2. The van der Waals surface area contributed by atoms with Gasteiger partial charge in [-0.3, -0.25) is 9.59 Å². The van der Waals surface area contributed by atoms with E-state index in [0.717, 1.165) is 30.4 Å². The third kappa shape index (κ3) is 5.95. The summed E-state index contributed by atoms with van der Waals surface area (Å²) >= 11 is 0. The minimum absolute atomic E-state index is 0.193. The molecule has 4 rings (SSSR count). The van der Waals surface area contributed by atoms with Crippen molar-refractivity contribution in [2.45, 2.75) is 58.3 Å². The fraction of sp³-hybridized carbons (Fsp3) is 0.500. The molecule has 3 aromatic heterocycles. The van der Waals surface area contributed by atoms with Gasteiger partial charge in [-0.25, -0.2) is 4.98 Å². The molecule has 0 radical (unpaired) electrons. The lowest BCUT2D eigenvalue weighted by atomic mass is 9.58. The van der Waals surface area contributed by atoms with Gasteiger partial charge < -0.3 is 19.8 Å². The Morgan fingerprint density at radius 3 is 2.61 bits per heavy atom. The van der Waals surface area contributed by atoms with Crippen LogP contribution in [0.15, 0.2) is 41.7 Å². The second kappa shape index (κ2) is 10.7. The largest absolute Gasteiger partial charge is 0.406 e. The van der Waals surface area contributed by atoms with Crippen LogP contribution in [0.1, 0.15) is 60.9 Å². The number of pyridine rings is 2. The van der Waals surface area contributed by atoms with E-state index in [1.165, 1.54) is 6.07 Å². The molecular weight excluding hydrogens is 499 g/mol. The average molecular weight is 532 g/mol. The first kappa shape index (κ1) is 27.5. The smallest absolute Gasteiger partial charge is 0.320 e. The van der Waals surface area contributed by atoms with Gasteiger partial charge in [0.2, 0.25) is 0 Å². The molecule has 0 unspecified atom stereocenters. The fourth-order valence-corrected chi connectivity index (χ4v) is 5.15. The predicted octanol–water partition coefficient (Wildman–Crippen LogP) is 3.65. The molecule has 0 saturated heterocycles. The fourth-order valence-electron chi connectivity index (χ4n) is 5.15. The van der Waals surface area contributed by atoms with Crippen LogP contribution < -0.4 is 16.2 Å². The van der Waals surface area contributed by atoms with Crippen molar-refractivity contribution >= 4 is 11.7 Å². The number of rotatable bonds is 9. The lowest BCUT2D eigenvalue weighted by molar-refractivity contribution is -0.141. The zero-order valence-electron chi connectivity index (χ0n) is 21.8. The topological polar surface area (TPSA) is 107 Å². The van der Waals surface area contributed by atoms with E-state index in [4.69, 9.17) is 0 Å². The third-order valence-electron chi connectivity index (χ3n) is 6.71. The van der Waals surface area contributed by atoms with Crippen molar-refractivity contribution in [3.05, 3.63) is 69.8 Å². The Bertz CT molecular complexity index is 1360. The summed E-state index contributed by atoms with van der Waals surface area (Å²) in [5, 5.41) is 14.1. The minimum atomic E-state index is -4.62. The zero-order valence-corrected chi connectivity index (χ0v) is 21.8. The zero-order chi connectivity index (χ0) is 27.7. The van der Waals surface area contributed by atoms with Crippen LogP contribution in [0, 0.1) is 11.8 Å². The third-order valence-corrected chi connectivity index (χ3v) is 6.71. The summed E-state index contributed by atoms with van der Waals surface area (Å²) in [6.45, 7) is 5.49. The van der Waals surface area contributed by atoms with E-state index in [9.17, 15) is 22.8 Å². The molecule has 2 N–H and O–H groups in total. The van der Waals surface area contributed by atoms with Crippen LogP contribution in [-0.2, 0) is 25.6 Å². The van der Waals surface area contributed by atoms with Crippen molar-refractivity contribution in [3.8, 4) is 0 Å². The van der Waals surface area contributed by atoms with Gasteiger partial charge in [-0.05, 0) is 60.5 Å². The quantitative estimate of drug-likeness (QED) is 0.437. The van der Waals surface area contributed by atoms with E-state index < -0.39 is 29.6 Å². The predicted molar refractivity (Wildman–Crippen MR) is 136 cm³/mol. The molecule has 38 heavy (non-hydrogen) atoms. The molecular formula is C26H32F3N7O2. The van der Waals surface area contributed by atoms with E-state index in [-0.39, 0.29) is 17.9 Å². The number of aromatic nitrogens is 5. The van der Waals surface area contributed by atoms with Gasteiger partial charge in [0.1, 0.15) is 30.1 Å². The molecule has 9 nitrogen and oxygen atoms in total. The number of amides is 1. The van der Waals surface area contributed by atoms with Crippen LogP contribution in [0.25, 0.3) is 0 Å². The molecule has 3 heterocycles. The molecule has 1 aliphatic carbocycles. The van der Waals surface area contributed by atoms with Crippen molar-refractivity contribution < 1.29 is 18.0 Å². The molecule has 0 aromatic carbocycles. The van der Waals surface area contributed by atoms with Crippen LogP contribution in [0.2, 0.25) is 0 Å². The van der Waals surface area contributed by atoms with Gasteiger partial charge in [0.05, 0.1) is 5.41 Å². The van der Waals surface area contributed by atoms with Gasteiger partial charge in [0, 0.05) is 26.0 Å². The number of hydrogen-bond acceptors (Lipinski definition) is 6. The molecule has 0 aliphatic heterocycles. The highest BCUT2D eigenvalue weighted by Crippen LogP contribution is 2.51. The summed E-state index contributed by atoms with van der Waals surface area (Å²) in [5.41, 5.74) is -0.518. The summed E-state index contributed by atoms with van der Waals surface area (Å²) in [4.78, 5) is 30.3. The number of anilines is 1. The number of halogens is 3. The van der Waals surface area contributed by atoms with Gasteiger partial charge in [-0.2, -0.15) is 13.2 Å². The summed E-state index contributed by atoms with van der Waals surface area (Å²) in [7, 11) is 1.87. The minimum Gasteiger partial charge on any atom is -0.320 e. The summed E-state index contributed by atoms with van der Waals surface area (Å²) in [5.74, 6) is 0.961. The molecule has 0 spiro atoms. The molecule has 1 aliphatic rings. The van der Waals surface area contributed by atoms with Crippen LogP contribution in [0.3, 0.4) is 0 Å². The Labute approximate surface area is 218 Å². The first-order valence-corrected chi connectivity index (χ1v) is 12.5. The van der Waals surface area contributed by atoms with E-state index in [0.29, 0.717) is 28.5 Å². The number of carbonyl (C=O) groups excluding carboxylic acids is 1. The van der Waals surface area contributed by atoms with Gasteiger partial charge in [-0.15, -0.1) is 10.2 Å². The lowest BCUT2D eigenvalue weighted by Crippen LogP contribution is -2.43. The number of aryl methyl sites for hydroxylation is 1. The second-order valence-electron chi connectivity index (χ2n) is 10.6. The van der Waals surface area contributed by atoms with Crippen molar-refractivity contribution in [1.82, 2.24) is 29.6 Å². The van der Waals surface area contributed by atoms with Crippen LogP contribution in [0.4, 0.5) is 19.0 Å². The monoisotopic (exact) mass is 531 g/mol. The number of alkyl halides is 3.